The molecule has 1 aromatic heterocycles. The fraction of sp³-hybridized carbons (Fsp3) is 0.238. The lowest BCUT2D eigenvalue weighted by atomic mass is 9.94. The van der Waals surface area contributed by atoms with Gasteiger partial charge in [0.05, 0.1) is 12.2 Å². The van der Waals surface area contributed by atoms with Crippen LogP contribution in [0.2, 0.25) is 0 Å². The summed E-state index contributed by atoms with van der Waals surface area (Å²) in [5, 5.41) is 18.1. The summed E-state index contributed by atoms with van der Waals surface area (Å²) in [4.78, 5) is 13.3. The molecule has 148 valence electrons. The van der Waals surface area contributed by atoms with Gasteiger partial charge in [-0.1, -0.05) is 35.4 Å². The molecule has 3 aromatic rings. The van der Waals surface area contributed by atoms with Gasteiger partial charge < -0.3 is 15.4 Å². The smallest absolute Gasteiger partial charge is 0.255 e. The van der Waals surface area contributed by atoms with Gasteiger partial charge >= 0.3 is 0 Å². The topological polar surface area (TPSA) is 94.0 Å². The molecule has 1 aliphatic rings. The maximum absolute atomic E-state index is 13.3. The van der Waals surface area contributed by atoms with E-state index in [1.165, 1.54) is 0 Å². The first-order valence-corrected chi connectivity index (χ1v) is 9.44. The largest absolute Gasteiger partial charge is 0.494 e. The fourth-order valence-electron chi connectivity index (χ4n) is 3.46. The number of allylic oxidation sites excluding steroid dienone is 1. The van der Waals surface area contributed by atoms with E-state index in [0.29, 0.717) is 23.8 Å². The number of carbonyl (C=O) groups excluding carboxylic acids is 1. The van der Waals surface area contributed by atoms with Crippen molar-refractivity contribution in [2.45, 2.75) is 26.8 Å². The van der Waals surface area contributed by atoms with Crippen LogP contribution in [0, 0.1) is 6.92 Å². The molecule has 8 heteroatoms. The first-order valence-electron chi connectivity index (χ1n) is 9.44. The van der Waals surface area contributed by atoms with Crippen molar-refractivity contribution >= 4 is 17.5 Å². The number of nitrogens with one attached hydrogen (secondary N) is 2. The summed E-state index contributed by atoms with van der Waals surface area (Å²) in [6.45, 7) is 6.30. The van der Waals surface area contributed by atoms with Gasteiger partial charge in [0, 0.05) is 11.4 Å². The molecule has 2 heterocycles. The van der Waals surface area contributed by atoms with Crippen LogP contribution in [0.15, 0.2) is 59.8 Å². The summed E-state index contributed by atoms with van der Waals surface area (Å²) in [6.07, 6.45) is 0. The number of carbonyl (C=O) groups is 1. The fourth-order valence-corrected chi connectivity index (χ4v) is 3.46. The average molecular weight is 390 g/mol. The number of benzene rings is 2. The van der Waals surface area contributed by atoms with Crippen LogP contribution in [0.25, 0.3) is 0 Å². The molecule has 1 atom stereocenters. The van der Waals surface area contributed by atoms with Crippen LogP contribution in [-0.2, 0) is 4.79 Å². The zero-order valence-electron chi connectivity index (χ0n) is 16.5. The molecule has 1 aliphatic heterocycles. The van der Waals surface area contributed by atoms with Crippen LogP contribution in [0.5, 0.6) is 5.75 Å². The van der Waals surface area contributed by atoms with E-state index < -0.39 is 6.04 Å². The van der Waals surface area contributed by atoms with E-state index in [4.69, 9.17) is 4.74 Å². The van der Waals surface area contributed by atoms with Crippen LogP contribution in [-0.4, -0.2) is 32.7 Å². The van der Waals surface area contributed by atoms with Crippen molar-refractivity contribution in [3.63, 3.8) is 0 Å². The number of fused-ring (bicyclic) bond motifs is 1. The summed E-state index contributed by atoms with van der Waals surface area (Å²) in [7, 11) is 0. The Labute approximate surface area is 168 Å². The third-order valence-corrected chi connectivity index (χ3v) is 4.84. The zero-order valence-corrected chi connectivity index (χ0v) is 16.5. The highest BCUT2D eigenvalue weighted by Crippen LogP contribution is 2.36. The van der Waals surface area contributed by atoms with Crippen LogP contribution >= 0.6 is 0 Å². The number of aryl methyl sites for hydroxylation is 1. The van der Waals surface area contributed by atoms with Gasteiger partial charge in [0.15, 0.2) is 0 Å². The molecule has 29 heavy (non-hydrogen) atoms. The number of hydrogen-bond acceptors (Lipinski definition) is 6. The lowest BCUT2D eigenvalue weighted by Gasteiger charge is -2.28. The second-order valence-electron chi connectivity index (χ2n) is 6.79. The summed E-state index contributed by atoms with van der Waals surface area (Å²) < 4.78 is 7.26. The minimum Gasteiger partial charge on any atom is -0.494 e. The Morgan fingerprint density at radius 2 is 2.03 bits per heavy atom. The second-order valence-corrected chi connectivity index (χ2v) is 6.79. The molecule has 0 saturated heterocycles. The quantitative estimate of drug-likeness (QED) is 0.694. The highest BCUT2D eigenvalue weighted by Gasteiger charge is 2.34. The van der Waals surface area contributed by atoms with Crippen LogP contribution in [0.4, 0.5) is 11.6 Å². The van der Waals surface area contributed by atoms with Crippen molar-refractivity contribution in [3.05, 3.63) is 70.9 Å². The van der Waals surface area contributed by atoms with Crippen molar-refractivity contribution in [1.29, 1.82) is 0 Å². The molecule has 0 fully saturated rings. The van der Waals surface area contributed by atoms with Crippen LogP contribution in [0.3, 0.4) is 0 Å². The monoisotopic (exact) mass is 390 g/mol. The lowest BCUT2D eigenvalue weighted by molar-refractivity contribution is -0.113. The third kappa shape index (κ3) is 3.56. The standard InChI is InChI=1S/C21H22N6O2/c1-4-29-16-10-7-9-15(12-16)19-18(14(3)22-21-24-25-26-27(19)21)20(28)23-17-11-6-5-8-13(17)2/h5-12,19H,4H2,1-3H3,(H,23,28)(H,22,24,26). The van der Waals surface area contributed by atoms with Gasteiger partial charge in [-0.2, -0.15) is 4.68 Å². The molecule has 0 spiro atoms. The Morgan fingerprint density at radius 3 is 2.83 bits per heavy atom. The molecular formula is C21H22N6O2. The SMILES string of the molecule is CCOc1cccc(C2C(C(=O)Nc3ccccc3C)=C(C)Nc3nnnn32)c1. The van der Waals surface area contributed by atoms with Gasteiger partial charge in [0.2, 0.25) is 5.95 Å². The number of nitrogens with zero attached hydrogens (tertiary/aromatic N) is 4. The Hall–Kier alpha value is -3.68. The van der Waals surface area contributed by atoms with Gasteiger partial charge in [-0.3, -0.25) is 4.79 Å². The molecule has 1 amide bonds. The number of ether oxygens (including phenoxy) is 1. The van der Waals surface area contributed by atoms with Gasteiger partial charge in [-0.15, -0.1) is 0 Å². The van der Waals surface area contributed by atoms with E-state index in [1.807, 2.05) is 69.3 Å². The number of tetrazole rings is 1. The predicted octanol–water partition coefficient (Wildman–Crippen LogP) is 3.31. The maximum atomic E-state index is 13.3. The Bertz CT molecular complexity index is 1090. The van der Waals surface area contributed by atoms with Crippen molar-refractivity contribution in [3.8, 4) is 5.75 Å². The minimum absolute atomic E-state index is 0.211. The van der Waals surface area contributed by atoms with E-state index in [9.17, 15) is 4.79 Å². The number of hydrogen-bond donors (Lipinski definition) is 2. The molecule has 0 aliphatic carbocycles. The summed E-state index contributed by atoms with van der Waals surface area (Å²) >= 11 is 0. The van der Waals surface area contributed by atoms with Gasteiger partial charge in [-0.25, -0.2) is 0 Å². The minimum atomic E-state index is -0.481. The highest BCUT2D eigenvalue weighted by molar-refractivity contribution is 6.06. The number of para-hydroxylation sites is 1. The van der Waals surface area contributed by atoms with Crippen molar-refractivity contribution in [2.75, 3.05) is 17.2 Å². The first-order chi connectivity index (χ1) is 14.1. The molecular weight excluding hydrogens is 368 g/mol. The van der Waals surface area contributed by atoms with E-state index in [0.717, 1.165) is 22.6 Å². The van der Waals surface area contributed by atoms with Gasteiger partial charge in [-0.05, 0) is 60.5 Å². The van der Waals surface area contributed by atoms with E-state index in [2.05, 4.69) is 26.2 Å². The van der Waals surface area contributed by atoms with Crippen LogP contribution < -0.4 is 15.4 Å². The summed E-state index contributed by atoms with van der Waals surface area (Å²) in [5.41, 5.74) is 3.86. The summed E-state index contributed by atoms with van der Waals surface area (Å²) in [5.74, 6) is 1.01. The van der Waals surface area contributed by atoms with Crippen LogP contribution in [0.1, 0.15) is 31.0 Å². The Kier molecular flexibility index (Phi) is 4.99. The number of anilines is 2. The number of aromatic nitrogens is 4. The zero-order chi connectivity index (χ0) is 20.4. The summed E-state index contributed by atoms with van der Waals surface area (Å²) in [6, 6.07) is 14.8. The molecule has 1 unspecified atom stereocenters. The average Bonchev–Trinajstić information content (AvgIpc) is 3.17. The Balaban J connectivity index is 1.77. The number of rotatable bonds is 5. The normalized spacial score (nSPS) is 15.5. The number of amides is 1. The third-order valence-electron chi connectivity index (χ3n) is 4.84. The van der Waals surface area contributed by atoms with Gasteiger partial charge in [0.25, 0.3) is 5.91 Å². The molecule has 0 saturated carbocycles. The second kappa shape index (κ2) is 7.75. The van der Waals surface area contributed by atoms with Crippen molar-refractivity contribution in [1.82, 2.24) is 20.2 Å². The van der Waals surface area contributed by atoms with E-state index in [1.54, 1.807) is 4.68 Å². The molecule has 0 bridgehead atoms. The first kappa shape index (κ1) is 18.7. The predicted molar refractivity (Wildman–Crippen MR) is 110 cm³/mol. The molecule has 0 radical (unpaired) electrons. The van der Waals surface area contributed by atoms with Crippen molar-refractivity contribution in [2.24, 2.45) is 0 Å². The van der Waals surface area contributed by atoms with Gasteiger partial charge in [0.1, 0.15) is 11.8 Å². The highest BCUT2D eigenvalue weighted by atomic mass is 16.5. The lowest BCUT2D eigenvalue weighted by Crippen LogP contribution is -2.31. The maximum Gasteiger partial charge on any atom is 0.255 e. The van der Waals surface area contributed by atoms with E-state index >= 15 is 0 Å². The molecule has 2 N–H and O–H groups in total. The molecule has 2 aromatic carbocycles. The van der Waals surface area contributed by atoms with E-state index in [-0.39, 0.29) is 5.91 Å². The Morgan fingerprint density at radius 1 is 1.21 bits per heavy atom. The molecule has 8 nitrogen and oxygen atoms in total. The molecule has 4 rings (SSSR count). The van der Waals surface area contributed by atoms with Crippen molar-refractivity contribution < 1.29 is 9.53 Å².